The van der Waals surface area contributed by atoms with Crippen LogP contribution in [0.25, 0.3) is 22.6 Å². The van der Waals surface area contributed by atoms with Crippen LogP contribution < -0.4 is 5.32 Å². The lowest BCUT2D eigenvalue weighted by Gasteiger charge is -2.22. The van der Waals surface area contributed by atoms with Crippen LogP contribution in [0.4, 0.5) is 4.79 Å². The highest BCUT2D eigenvalue weighted by Gasteiger charge is 2.37. The zero-order chi connectivity index (χ0) is 24.7. The highest BCUT2D eigenvalue weighted by Crippen LogP contribution is 2.32. The van der Waals surface area contributed by atoms with Gasteiger partial charge in [0.1, 0.15) is 17.2 Å². The average Bonchev–Trinajstić information content (AvgIpc) is 3.60. The monoisotopic (exact) mass is 458 g/mol. The Labute approximate surface area is 201 Å². The van der Waals surface area contributed by atoms with Crippen molar-refractivity contribution >= 4 is 18.1 Å². The number of amidine groups is 1. The maximum Gasteiger partial charge on any atom is 0.323 e. The van der Waals surface area contributed by atoms with Gasteiger partial charge in [-0.2, -0.15) is 0 Å². The van der Waals surface area contributed by atoms with Crippen LogP contribution in [0.5, 0.6) is 0 Å². The molecule has 2 aromatic carbocycles. The molecular formula is C27H34N6O. The first-order valence-corrected chi connectivity index (χ1v) is 11.8. The lowest BCUT2D eigenvalue weighted by atomic mass is 10.0. The van der Waals surface area contributed by atoms with Gasteiger partial charge >= 0.3 is 6.03 Å². The number of hydrogen-bond donors (Lipinski definition) is 4. The molecule has 0 aliphatic heterocycles. The first-order valence-electron chi connectivity index (χ1n) is 11.8. The molecule has 178 valence electrons. The van der Waals surface area contributed by atoms with Crippen LogP contribution in [-0.2, 0) is 0 Å². The summed E-state index contributed by atoms with van der Waals surface area (Å²) in [6, 6.07) is 15.2. The van der Waals surface area contributed by atoms with Gasteiger partial charge in [-0.25, -0.2) is 9.78 Å². The summed E-state index contributed by atoms with van der Waals surface area (Å²) in [6.45, 7) is 6.31. The molecule has 7 heteroatoms. The molecule has 0 saturated heterocycles. The van der Waals surface area contributed by atoms with Crippen molar-refractivity contribution < 1.29 is 4.79 Å². The number of rotatable bonds is 6. The van der Waals surface area contributed by atoms with E-state index in [0.717, 1.165) is 35.1 Å². The molecule has 7 nitrogen and oxygen atoms in total. The van der Waals surface area contributed by atoms with E-state index in [1.54, 1.807) is 7.05 Å². The zero-order valence-corrected chi connectivity index (χ0v) is 20.4. The van der Waals surface area contributed by atoms with Gasteiger partial charge in [-0.1, -0.05) is 69.2 Å². The minimum atomic E-state index is -0.292. The van der Waals surface area contributed by atoms with Gasteiger partial charge in [0.15, 0.2) is 5.84 Å². The number of hydrogen-bond acceptors (Lipinski definition) is 4. The summed E-state index contributed by atoms with van der Waals surface area (Å²) in [5.41, 5.74) is 4.65. The third-order valence-corrected chi connectivity index (χ3v) is 5.77. The SMILES string of the molecule is CCCC.CNC(=O)N(C(=N)c1[nH]c(-c2ccccc2)nc1-c1ccc(C=N)c(C)c1)C1CC1. The molecule has 1 aliphatic carbocycles. The molecule has 2 amide bonds. The second-order valence-electron chi connectivity index (χ2n) is 8.40. The first kappa shape index (κ1) is 24.9. The molecule has 3 aromatic rings. The van der Waals surface area contributed by atoms with Crippen LogP contribution in [0.3, 0.4) is 0 Å². The quantitative estimate of drug-likeness (QED) is 0.269. The van der Waals surface area contributed by atoms with Crippen molar-refractivity contribution in [2.75, 3.05) is 7.05 Å². The van der Waals surface area contributed by atoms with E-state index in [9.17, 15) is 4.79 Å². The third kappa shape index (κ3) is 5.60. The average molecular weight is 459 g/mol. The van der Waals surface area contributed by atoms with E-state index in [1.165, 1.54) is 24.0 Å². The van der Waals surface area contributed by atoms with Gasteiger partial charge in [0.05, 0.1) is 0 Å². The molecule has 1 saturated carbocycles. The molecule has 1 aliphatic rings. The van der Waals surface area contributed by atoms with Crippen molar-refractivity contribution in [3.05, 3.63) is 65.4 Å². The Balaban J connectivity index is 0.000000751. The van der Waals surface area contributed by atoms with Gasteiger partial charge in [0.2, 0.25) is 0 Å². The van der Waals surface area contributed by atoms with Gasteiger partial charge in [0, 0.05) is 30.4 Å². The molecule has 0 radical (unpaired) electrons. The van der Waals surface area contributed by atoms with E-state index in [2.05, 4.69) is 24.1 Å². The lowest BCUT2D eigenvalue weighted by molar-refractivity contribution is 0.221. The van der Waals surface area contributed by atoms with Crippen LogP contribution in [-0.4, -0.2) is 46.0 Å². The van der Waals surface area contributed by atoms with E-state index in [0.29, 0.717) is 17.2 Å². The van der Waals surface area contributed by atoms with Gasteiger partial charge in [-0.05, 0) is 37.0 Å². The Morgan fingerprint density at radius 3 is 2.35 bits per heavy atom. The normalized spacial score (nSPS) is 12.4. The molecule has 4 rings (SSSR count). The molecule has 0 spiro atoms. The van der Waals surface area contributed by atoms with Crippen LogP contribution >= 0.6 is 0 Å². The number of benzene rings is 2. The number of aryl methyl sites for hydroxylation is 1. The van der Waals surface area contributed by atoms with E-state index in [-0.39, 0.29) is 17.9 Å². The van der Waals surface area contributed by atoms with Gasteiger partial charge in [-0.15, -0.1) is 0 Å². The van der Waals surface area contributed by atoms with Crippen molar-refractivity contribution in [3.8, 4) is 22.6 Å². The number of aromatic nitrogens is 2. The number of nitrogens with one attached hydrogen (secondary N) is 4. The lowest BCUT2D eigenvalue weighted by Crippen LogP contribution is -2.44. The van der Waals surface area contributed by atoms with Crippen molar-refractivity contribution in [1.82, 2.24) is 20.2 Å². The van der Waals surface area contributed by atoms with Gasteiger partial charge < -0.3 is 15.7 Å². The Morgan fingerprint density at radius 2 is 1.82 bits per heavy atom. The van der Waals surface area contributed by atoms with Crippen molar-refractivity contribution in [2.24, 2.45) is 0 Å². The molecule has 4 N–H and O–H groups in total. The fourth-order valence-electron chi connectivity index (χ4n) is 3.49. The Bertz CT molecular complexity index is 1150. The van der Waals surface area contributed by atoms with Crippen LogP contribution in [0, 0.1) is 17.7 Å². The first-order chi connectivity index (χ1) is 16.4. The van der Waals surface area contributed by atoms with Gasteiger partial charge in [0.25, 0.3) is 0 Å². The predicted molar refractivity (Wildman–Crippen MR) is 139 cm³/mol. The minimum absolute atomic E-state index is 0.0378. The number of aromatic amines is 1. The fraction of sp³-hybridized carbons (Fsp3) is 0.333. The number of unbranched alkanes of at least 4 members (excludes halogenated alkanes) is 1. The van der Waals surface area contributed by atoms with E-state index >= 15 is 0 Å². The smallest absolute Gasteiger partial charge is 0.323 e. The Kier molecular flexibility index (Phi) is 8.35. The second-order valence-corrected chi connectivity index (χ2v) is 8.40. The Hall–Kier alpha value is -3.74. The van der Waals surface area contributed by atoms with Crippen LogP contribution in [0.15, 0.2) is 48.5 Å². The number of nitrogens with zero attached hydrogens (tertiary/aromatic N) is 2. The number of amides is 2. The molecule has 0 unspecified atom stereocenters. The predicted octanol–water partition coefficient (Wildman–Crippen LogP) is 5.99. The molecule has 1 aromatic heterocycles. The summed E-state index contributed by atoms with van der Waals surface area (Å²) in [4.78, 5) is 22.1. The number of carbonyl (C=O) groups excluding carboxylic acids is 1. The summed E-state index contributed by atoms with van der Waals surface area (Å²) in [5, 5.41) is 19.0. The largest absolute Gasteiger partial charge is 0.341 e. The number of H-pyrrole nitrogens is 1. The topological polar surface area (TPSA) is 109 Å². The standard InChI is InChI=1S/C23H24N6O.C4H10/c1-14-12-16(8-9-17(14)13-24)19-20(21(25)29(18-10-11-18)23(30)26-2)28-22(27-19)15-6-4-3-5-7-15;1-3-4-2/h3-9,12-13,18,24-25H,10-11H2,1-2H3,(H,26,30)(H,27,28);3-4H2,1-2H3. The molecule has 1 fully saturated rings. The van der Waals surface area contributed by atoms with Gasteiger partial charge in [-0.3, -0.25) is 10.3 Å². The van der Waals surface area contributed by atoms with Crippen molar-refractivity contribution in [3.63, 3.8) is 0 Å². The summed E-state index contributed by atoms with van der Waals surface area (Å²) in [7, 11) is 1.58. The van der Waals surface area contributed by atoms with E-state index in [1.807, 2.05) is 55.5 Å². The molecule has 1 heterocycles. The number of carbonyl (C=O) groups is 1. The fourth-order valence-corrected chi connectivity index (χ4v) is 3.49. The molecule has 0 bridgehead atoms. The number of urea groups is 1. The van der Waals surface area contributed by atoms with E-state index < -0.39 is 0 Å². The summed E-state index contributed by atoms with van der Waals surface area (Å²) >= 11 is 0. The van der Waals surface area contributed by atoms with Crippen molar-refractivity contribution in [1.29, 1.82) is 10.8 Å². The van der Waals surface area contributed by atoms with E-state index in [4.69, 9.17) is 15.8 Å². The highest BCUT2D eigenvalue weighted by molar-refractivity contribution is 6.08. The van der Waals surface area contributed by atoms with Crippen LogP contribution in [0.2, 0.25) is 0 Å². The molecular weight excluding hydrogens is 424 g/mol. The summed E-state index contributed by atoms with van der Waals surface area (Å²) in [6.07, 6.45) is 5.73. The molecule has 0 atom stereocenters. The Morgan fingerprint density at radius 1 is 1.15 bits per heavy atom. The summed E-state index contributed by atoms with van der Waals surface area (Å²) in [5.74, 6) is 0.752. The molecule has 34 heavy (non-hydrogen) atoms. The summed E-state index contributed by atoms with van der Waals surface area (Å²) < 4.78 is 0. The second kappa shape index (κ2) is 11.4. The number of imidazole rings is 1. The van der Waals surface area contributed by atoms with Crippen LogP contribution in [0.1, 0.15) is 56.4 Å². The maximum atomic E-state index is 12.5. The third-order valence-electron chi connectivity index (χ3n) is 5.77. The highest BCUT2D eigenvalue weighted by atomic mass is 16.2. The minimum Gasteiger partial charge on any atom is -0.341 e. The van der Waals surface area contributed by atoms with Crippen molar-refractivity contribution in [2.45, 2.75) is 52.5 Å². The zero-order valence-electron chi connectivity index (χ0n) is 20.4. The maximum absolute atomic E-state index is 12.5.